The molecule has 2 fully saturated rings. The third kappa shape index (κ3) is 2.73. The van der Waals surface area contributed by atoms with Gasteiger partial charge in [0.05, 0.1) is 17.0 Å². The lowest BCUT2D eigenvalue weighted by Crippen LogP contribution is -2.48. The number of carbonyl (C=O) groups is 1. The van der Waals surface area contributed by atoms with E-state index in [1.54, 1.807) is 11.3 Å². The molecule has 1 N–H and O–H groups in total. The lowest BCUT2D eigenvalue weighted by molar-refractivity contribution is 0.0298. The highest BCUT2D eigenvalue weighted by atomic mass is 32.1. The van der Waals surface area contributed by atoms with Crippen LogP contribution in [0.4, 0.5) is 0 Å². The zero-order valence-corrected chi connectivity index (χ0v) is 14.6. The van der Waals surface area contributed by atoms with Gasteiger partial charge in [-0.25, -0.2) is 0 Å². The molecule has 1 saturated carbocycles. The quantitative estimate of drug-likeness (QED) is 0.922. The van der Waals surface area contributed by atoms with Gasteiger partial charge in [-0.2, -0.15) is 0 Å². The van der Waals surface area contributed by atoms with Gasteiger partial charge in [-0.3, -0.25) is 9.69 Å². The molecular formula is C18H26N2O2S. The Morgan fingerprint density at radius 3 is 2.78 bits per heavy atom. The van der Waals surface area contributed by atoms with Gasteiger partial charge in [0.25, 0.3) is 5.91 Å². The third-order valence-electron chi connectivity index (χ3n) is 5.93. The van der Waals surface area contributed by atoms with E-state index < -0.39 is 6.10 Å². The maximum Gasteiger partial charge on any atom is 0.264 e. The maximum atomic E-state index is 12.8. The van der Waals surface area contributed by atoms with Crippen LogP contribution in [-0.2, 0) is 12.8 Å². The van der Waals surface area contributed by atoms with E-state index in [0.717, 1.165) is 43.6 Å². The van der Waals surface area contributed by atoms with Crippen molar-refractivity contribution >= 4 is 17.2 Å². The molecule has 23 heavy (non-hydrogen) atoms. The Hall–Kier alpha value is -0.910. The normalized spacial score (nSPS) is 30.8. The minimum absolute atomic E-state index is 0.0370. The molecular weight excluding hydrogens is 308 g/mol. The Kier molecular flexibility index (Phi) is 4.20. The van der Waals surface area contributed by atoms with Crippen molar-refractivity contribution in [1.29, 1.82) is 0 Å². The highest BCUT2D eigenvalue weighted by Crippen LogP contribution is 2.34. The third-order valence-corrected chi connectivity index (χ3v) is 7.16. The molecule has 3 atom stereocenters. The molecule has 1 saturated heterocycles. The first-order chi connectivity index (χ1) is 11.1. The molecule has 2 aliphatic carbocycles. The Morgan fingerprint density at radius 2 is 2.04 bits per heavy atom. The molecule has 5 heteroatoms. The van der Waals surface area contributed by atoms with Crippen LogP contribution < -0.4 is 0 Å². The van der Waals surface area contributed by atoms with Crippen LogP contribution >= 0.6 is 11.3 Å². The lowest BCUT2D eigenvalue weighted by atomic mass is 10.1. The largest absolute Gasteiger partial charge is 0.389 e. The average molecular weight is 334 g/mol. The summed E-state index contributed by atoms with van der Waals surface area (Å²) in [7, 11) is 1.87. The number of aliphatic hydroxyl groups is 1. The highest BCUT2D eigenvalue weighted by Gasteiger charge is 2.42. The van der Waals surface area contributed by atoms with Crippen LogP contribution in [0.3, 0.4) is 0 Å². The number of thiophene rings is 1. The SMILES string of the molecule is CN(C(=O)c1cc2c(s1)CCC2)[C@@H]1CC[C@@H](N2CCCC2)[C@@H]1O. The summed E-state index contributed by atoms with van der Waals surface area (Å²) < 4.78 is 0. The van der Waals surface area contributed by atoms with Gasteiger partial charge in [0.2, 0.25) is 0 Å². The number of rotatable bonds is 3. The number of nitrogens with zero attached hydrogens (tertiary/aromatic N) is 2. The fourth-order valence-electron chi connectivity index (χ4n) is 4.59. The number of fused-ring (bicyclic) bond motifs is 1. The average Bonchev–Trinajstić information content (AvgIpc) is 3.28. The summed E-state index contributed by atoms with van der Waals surface area (Å²) in [5, 5.41) is 10.8. The number of hydrogen-bond donors (Lipinski definition) is 1. The van der Waals surface area contributed by atoms with Gasteiger partial charge >= 0.3 is 0 Å². The number of hydrogen-bond acceptors (Lipinski definition) is 4. The van der Waals surface area contributed by atoms with E-state index >= 15 is 0 Å². The Morgan fingerprint density at radius 1 is 1.26 bits per heavy atom. The fourth-order valence-corrected chi connectivity index (χ4v) is 5.83. The van der Waals surface area contributed by atoms with Crippen LogP contribution in [-0.4, -0.2) is 59.1 Å². The first kappa shape index (κ1) is 15.6. The monoisotopic (exact) mass is 334 g/mol. The second-order valence-electron chi connectivity index (χ2n) is 7.27. The van der Waals surface area contributed by atoms with Crippen molar-refractivity contribution in [2.75, 3.05) is 20.1 Å². The van der Waals surface area contributed by atoms with Gasteiger partial charge in [0.15, 0.2) is 0 Å². The number of amides is 1. The van der Waals surface area contributed by atoms with Gasteiger partial charge in [-0.1, -0.05) is 0 Å². The van der Waals surface area contributed by atoms with Crippen LogP contribution in [0.15, 0.2) is 6.07 Å². The minimum atomic E-state index is -0.408. The fraction of sp³-hybridized carbons (Fsp3) is 0.722. The van der Waals surface area contributed by atoms with Crippen molar-refractivity contribution < 1.29 is 9.90 Å². The first-order valence-electron chi connectivity index (χ1n) is 8.96. The van der Waals surface area contributed by atoms with E-state index in [1.165, 1.54) is 29.7 Å². The summed E-state index contributed by atoms with van der Waals surface area (Å²) in [6.45, 7) is 2.20. The molecule has 1 aliphatic heterocycles. The predicted molar refractivity (Wildman–Crippen MR) is 92.1 cm³/mol. The van der Waals surface area contributed by atoms with E-state index in [1.807, 2.05) is 11.9 Å². The molecule has 0 spiro atoms. The topological polar surface area (TPSA) is 43.8 Å². The Labute approximate surface area is 142 Å². The van der Waals surface area contributed by atoms with Crippen LogP contribution in [0.5, 0.6) is 0 Å². The molecule has 0 radical (unpaired) electrons. The van der Waals surface area contributed by atoms with Gasteiger partial charge in [-0.05, 0) is 69.7 Å². The van der Waals surface area contributed by atoms with Crippen molar-refractivity contribution in [3.63, 3.8) is 0 Å². The van der Waals surface area contributed by atoms with Crippen molar-refractivity contribution in [2.24, 2.45) is 0 Å². The van der Waals surface area contributed by atoms with Gasteiger partial charge in [0.1, 0.15) is 0 Å². The summed E-state index contributed by atoms with van der Waals surface area (Å²) >= 11 is 1.66. The van der Waals surface area contributed by atoms with E-state index in [9.17, 15) is 9.90 Å². The zero-order valence-electron chi connectivity index (χ0n) is 13.8. The van der Waals surface area contributed by atoms with Gasteiger partial charge < -0.3 is 10.0 Å². The Balaban J connectivity index is 1.45. The van der Waals surface area contributed by atoms with Crippen molar-refractivity contribution in [2.45, 2.75) is 63.1 Å². The minimum Gasteiger partial charge on any atom is -0.389 e. The molecule has 4 rings (SSSR count). The smallest absolute Gasteiger partial charge is 0.264 e. The van der Waals surface area contributed by atoms with Crippen molar-refractivity contribution in [3.8, 4) is 0 Å². The zero-order chi connectivity index (χ0) is 16.0. The van der Waals surface area contributed by atoms with Crippen molar-refractivity contribution in [3.05, 3.63) is 21.4 Å². The van der Waals surface area contributed by atoms with Crippen LogP contribution in [0.1, 0.15) is 52.2 Å². The second-order valence-corrected chi connectivity index (χ2v) is 8.41. The molecule has 2 heterocycles. The summed E-state index contributed by atoms with van der Waals surface area (Å²) in [6.07, 6.45) is 7.46. The second kappa shape index (κ2) is 6.19. The molecule has 1 aromatic rings. The molecule has 0 aromatic carbocycles. The van der Waals surface area contributed by atoms with Gasteiger partial charge in [0, 0.05) is 18.0 Å². The number of likely N-dealkylation sites (tertiary alicyclic amines) is 1. The molecule has 1 amide bonds. The van der Waals surface area contributed by atoms with Crippen LogP contribution in [0, 0.1) is 0 Å². The van der Waals surface area contributed by atoms with Crippen LogP contribution in [0.2, 0.25) is 0 Å². The number of aliphatic hydroxyl groups excluding tert-OH is 1. The van der Waals surface area contributed by atoms with E-state index in [2.05, 4.69) is 11.0 Å². The first-order valence-corrected chi connectivity index (χ1v) is 9.77. The van der Waals surface area contributed by atoms with E-state index in [-0.39, 0.29) is 18.0 Å². The van der Waals surface area contributed by atoms with E-state index in [0.29, 0.717) is 0 Å². The highest BCUT2D eigenvalue weighted by molar-refractivity contribution is 7.14. The van der Waals surface area contributed by atoms with E-state index in [4.69, 9.17) is 0 Å². The lowest BCUT2D eigenvalue weighted by Gasteiger charge is -2.31. The Bertz CT molecular complexity index is 572. The maximum absolute atomic E-state index is 12.8. The predicted octanol–water partition coefficient (Wildman–Crippen LogP) is 2.30. The van der Waals surface area contributed by atoms with Crippen molar-refractivity contribution in [1.82, 2.24) is 9.80 Å². The number of likely N-dealkylation sites (N-methyl/N-ethyl adjacent to an activating group) is 1. The molecule has 0 bridgehead atoms. The molecule has 126 valence electrons. The number of aryl methyl sites for hydroxylation is 2. The van der Waals surface area contributed by atoms with Crippen LogP contribution in [0.25, 0.3) is 0 Å². The number of carbonyl (C=O) groups excluding carboxylic acids is 1. The summed E-state index contributed by atoms with van der Waals surface area (Å²) in [5.41, 5.74) is 1.37. The van der Waals surface area contributed by atoms with Gasteiger partial charge in [-0.15, -0.1) is 11.3 Å². The summed E-state index contributed by atoms with van der Waals surface area (Å²) in [5.74, 6) is 0.0931. The summed E-state index contributed by atoms with van der Waals surface area (Å²) in [4.78, 5) is 19.3. The standard InChI is InChI=1S/C18H26N2O2S/c1-19(18(22)16-11-12-5-4-6-15(12)23-16)13-7-8-14(17(13)21)20-9-2-3-10-20/h11,13-14,17,21H,2-10H2,1H3/t13-,14-,17-/m1/s1. The molecule has 0 unspecified atom stereocenters. The molecule has 1 aromatic heterocycles. The molecule has 3 aliphatic rings. The summed E-state index contributed by atoms with van der Waals surface area (Å²) in [6, 6.07) is 2.29. The molecule has 4 nitrogen and oxygen atoms in total.